The number of nitrogens with zero attached hydrogens (tertiary/aromatic N) is 1. The van der Waals surface area contributed by atoms with Gasteiger partial charge in [-0.3, -0.25) is 4.79 Å². The Kier molecular flexibility index (Phi) is 5.72. The number of hydrogen-bond donors (Lipinski definition) is 0. The number of amides is 1. The summed E-state index contributed by atoms with van der Waals surface area (Å²) in [6.07, 6.45) is 0.326. The zero-order chi connectivity index (χ0) is 19.6. The molecule has 5 nitrogen and oxygen atoms in total. The molecule has 0 N–H and O–H groups in total. The van der Waals surface area contributed by atoms with Crippen LogP contribution in [0.25, 0.3) is 0 Å². The molecule has 0 aromatic heterocycles. The van der Waals surface area contributed by atoms with Crippen LogP contribution in [-0.4, -0.2) is 43.9 Å². The average molecular weight is 412 g/mol. The SMILES string of the molecule is COc1ccc(C(=O)N(Cc2ccccc2F)[C@H]2CCS(=O)(=O)C2)cc1Cl. The van der Waals surface area contributed by atoms with Gasteiger partial charge < -0.3 is 9.64 Å². The molecule has 0 bridgehead atoms. The molecule has 1 atom stereocenters. The smallest absolute Gasteiger partial charge is 0.254 e. The molecule has 0 radical (unpaired) electrons. The highest BCUT2D eigenvalue weighted by Gasteiger charge is 2.35. The lowest BCUT2D eigenvalue weighted by Crippen LogP contribution is -2.40. The van der Waals surface area contributed by atoms with Crippen LogP contribution in [0.4, 0.5) is 4.39 Å². The topological polar surface area (TPSA) is 63.7 Å². The molecule has 2 aromatic rings. The van der Waals surface area contributed by atoms with E-state index < -0.39 is 27.6 Å². The maximum Gasteiger partial charge on any atom is 0.254 e. The maximum atomic E-state index is 14.1. The minimum absolute atomic E-state index is 0.0160. The molecule has 1 aliphatic rings. The number of benzene rings is 2. The fraction of sp³-hybridized carbons (Fsp3) is 0.316. The van der Waals surface area contributed by atoms with Crippen LogP contribution < -0.4 is 4.74 Å². The third-order valence-corrected chi connectivity index (χ3v) is 6.65. The van der Waals surface area contributed by atoms with Crippen LogP contribution >= 0.6 is 11.6 Å². The number of rotatable bonds is 5. The summed E-state index contributed by atoms with van der Waals surface area (Å²) in [6, 6.07) is 10.2. The molecule has 144 valence electrons. The van der Waals surface area contributed by atoms with Crippen LogP contribution in [0.2, 0.25) is 5.02 Å². The average Bonchev–Trinajstić information content (AvgIpc) is 3.00. The van der Waals surface area contributed by atoms with E-state index in [0.717, 1.165) is 0 Å². The van der Waals surface area contributed by atoms with E-state index in [4.69, 9.17) is 16.3 Å². The third kappa shape index (κ3) is 4.42. The first-order chi connectivity index (χ1) is 12.8. The number of ether oxygens (including phenoxy) is 1. The highest BCUT2D eigenvalue weighted by Crippen LogP contribution is 2.28. The quantitative estimate of drug-likeness (QED) is 0.757. The van der Waals surface area contributed by atoms with Gasteiger partial charge in [0, 0.05) is 23.7 Å². The second kappa shape index (κ2) is 7.86. The van der Waals surface area contributed by atoms with Gasteiger partial charge in [-0.2, -0.15) is 0 Å². The van der Waals surface area contributed by atoms with Gasteiger partial charge in [0.1, 0.15) is 11.6 Å². The normalized spacial score (nSPS) is 18.3. The number of hydrogen-bond acceptors (Lipinski definition) is 4. The number of carbonyl (C=O) groups is 1. The van der Waals surface area contributed by atoms with Crippen molar-refractivity contribution in [3.63, 3.8) is 0 Å². The third-order valence-electron chi connectivity index (χ3n) is 4.61. The van der Waals surface area contributed by atoms with Crippen LogP contribution in [-0.2, 0) is 16.4 Å². The Hall–Kier alpha value is -2.12. The van der Waals surface area contributed by atoms with Crippen molar-refractivity contribution < 1.29 is 22.3 Å². The van der Waals surface area contributed by atoms with Crippen LogP contribution in [0.1, 0.15) is 22.3 Å². The summed E-state index contributed by atoms with van der Waals surface area (Å²) >= 11 is 6.12. The van der Waals surface area contributed by atoms with Gasteiger partial charge in [0.2, 0.25) is 0 Å². The van der Waals surface area contributed by atoms with Crippen molar-refractivity contribution in [3.8, 4) is 5.75 Å². The minimum atomic E-state index is -3.21. The molecule has 1 heterocycles. The maximum absolute atomic E-state index is 14.1. The first kappa shape index (κ1) is 19.6. The molecule has 0 saturated carbocycles. The number of carbonyl (C=O) groups excluding carboxylic acids is 1. The first-order valence-electron chi connectivity index (χ1n) is 8.39. The lowest BCUT2D eigenvalue weighted by molar-refractivity contribution is 0.0679. The molecule has 1 saturated heterocycles. The Balaban J connectivity index is 1.95. The van der Waals surface area contributed by atoms with Crippen LogP contribution in [0, 0.1) is 5.82 Å². The summed E-state index contributed by atoms with van der Waals surface area (Å²) in [7, 11) is -1.74. The Morgan fingerprint density at radius 2 is 2.04 bits per heavy atom. The first-order valence-corrected chi connectivity index (χ1v) is 10.6. The molecule has 1 amide bonds. The van der Waals surface area contributed by atoms with E-state index in [1.165, 1.54) is 24.1 Å². The van der Waals surface area contributed by atoms with Gasteiger partial charge in [-0.1, -0.05) is 29.8 Å². The molecule has 27 heavy (non-hydrogen) atoms. The Bertz CT molecular complexity index is 964. The zero-order valence-corrected chi connectivity index (χ0v) is 16.3. The van der Waals surface area contributed by atoms with Crippen molar-refractivity contribution in [2.45, 2.75) is 19.0 Å². The molecular weight excluding hydrogens is 393 g/mol. The lowest BCUT2D eigenvalue weighted by Gasteiger charge is -2.29. The molecule has 2 aromatic carbocycles. The standard InChI is InChI=1S/C19H19ClFNO4S/c1-26-18-7-6-13(10-16(18)20)19(23)22(15-8-9-27(24,25)12-15)11-14-4-2-3-5-17(14)21/h2-7,10,15H,8-9,11-12H2,1H3/t15-/m0/s1. The van der Waals surface area contributed by atoms with Gasteiger partial charge in [0.15, 0.2) is 9.84 Å². The van der Waals surface area contributed by atoms with E-state index in [2.05, 4.69) is 0 Å². The second-order valence-electron chi connectivity index (χ2n) is 6.43. The van der Waals surface area contributed by atoms with Crippen molar-refractivity contribution in [3.05, 3.63) is 64.4 Å². The lowest BCUT2D eigenvalue weighted by atomic mass is 10.1. The zero-order valence-electron chi connectivity index (χ0n) is 14.7. The molecule has 0 aliphatic carbocycles. The molecule has 3 rings (SSSR count). The van der Waals surface area contributed by atoms with E-state index in [1.54, 1.807) is 30.3 Å². The van der Waals surface area contributed by atoms with E-state index in [-0.39, 0.29) is 23.1 Å². The second-order valence-corrected chi connectivity index (χ2v) is 9.07. The van der Waals surface area contributed by atoms with E-state index >= 15 is 0 Å². The van der Waals surface area contributed by atoms with Gasteiger partial charge in [-0.25, -0.2) is 12.8 Å². The van der Waals surface area contributed by atoms with Crippen molar-refractivity contribution in [1.82, 2.24) is 4.90 Å². The predicted molar refractivity (Wildman–Crippen MR) is 101 cm³/mol. The Morgan fingerprint density at radius 3 is 2.63 bits per heavy atom. The summed E-state index contributed by atoms with van der Waals surface area (Å²) in [5.41, 5.74) is 0.621. The van der Waals surface area contributed by atoms with Crippen LogP contribution in [0.3, 0.4) is 0 Å². The fourth-order valence-electron chi connectivity index (χ4n) is 3.16. The molecule has 1 fully saturated rings. The fourth-order valence-corrected chi connectivity index (χ4v) is 5.15. The van der Waals surface area contributed by atoms with Crippen molar-refractivity contribution >= 4 is 27.3 Å². The highest BCUT2D eigenvalue weighted by molar-refractivity contribution is 7.91. The van der Waals surface area contributed by atoms with E-state index in [9.17, 15) is 17.6 Å². The molecule has 0 spiro atoms. The van der Waals surface area contributed by atoms with Crippen LogP contribution in [0.15, 0.2) is 42.5 Å². The Morgan fingerprint density at radius 1 is 1.30 bits per heavy atom. The molecule has 1 aliphatic heterocycles. The van der Waals surface area contributed by atoms with Crippen molar-refractivity contribution in [1.29, 1.82) is 0 Å². The van der Waals surface area contributed by atoms with E-state index in [1.807, 2.05) is 0 Å². The van der Waals surface area contributed by atoms with Crippen molar-refractivity contribution in [2.75, 3.05) is 18.6 Å². The van der Waals surface area contributed by atoms with E-state index in [0.29, 0.717) is 23.3 Å². The molecule has 8 heteroatoms. The summed E-state index contributed by atoms with van der Waals surface area (Å²) in [5, 5.41) is 0.272. The van der Waals surface area contributed by atoms with Gasteiger partial charge >= 0.3 is 0 Å². The summed E-state index contributed by atoms with van der Waals surface area (Å²) in [5.74, 6) is -0.523. The molecule has 0 unspecified atom stereocenters. The van der Waals surface area contributed by atoms with Gasteiger partial charge in [-0.15, -0.1) is 0 Å². The summed E-state index contributed by atoms with van der Waals surface area (Å²) < 4.78 is 43.0. The van der Waals surface area contributed by atoms with Crippen LogP contribution in [0.5, 0.6) is 5.75 Å². The monoisotopic (exact) mass is 411 g/mol. The highest BCUT2D eigenvalue weighted by atomic mass is 35.5. The summed E-state index contributed by atoms with van der Waals surface area (Å²) in [6.45, 7) is -0.0185. The number of methoxy groups -OCH3 is 1. The van der Waals surface area contributed by atoms with Crippen molar-refractivity contribution in [2.24, 2.45) is 0 Å². The largest absolute Gasteiger partial charge is 0.495 e. The van der Waals surface area contributed by atoms with Gasteiger partial charge in [0.05, 0.1) is 23.6 Å². The van der Waals surface area contributed by atoms with Gasteiger partial charge in [-0.05, 0) is 30.7 Å². The number of sulfone groups is 1. The summed E-state index contributed by atoms with van der Waals surface area (Å²) in [4.78, 5) is 14.5. The predicted octanol–water partition coefficient (Wildman–Crippen LogP) is 3.32. The number of halogens is 2. The molecular formula is C19H19ClFNO4S. The Labute approximate surface area is 162 Å². The van der Waals surface area contributed by atoms with Gasteiger partial charge in [0.25, 0.3) is 5.91 Å². The minimum Gasteiger partial charge on any atom is -0.495 e.